The van der Waals surface area contributed by atoms with E-state index < -0.39 is 11.9 Å². The number of amides is 2. The maximum atomic E-state index is 12.1. The largest absolute Gasteiger partial charge is 0.497 e. The fourth-order valence-corrected chi connectivity index (χ4v) is 2.03. The van der Waals surface area contributed by atoms with Gasteiger partial charge in [-0.3, -0.25) is 9.59 Å². The van der Waals surface area contributed by atoms with Gasteiger partial charge in [-0.15, -0.1) is 0 Å². The van der Waals surface area contributed by atoms with Crippen LogP contribution in [0.4, 0.5) is 5.69 Å². The van der Waals surface area contributed by atoms with Crippen molar-refractivity contribution in [1.82, 2.24) is 0 Å². The number of imide groups is 1. The number of benzene rings is 1. The van der Waals surface area contributed by atoms with Crippen LogP contribution in [0, 0.1) is 0 Å². The number of nitrogens with two attached hydrogens (primary N) is 1. The van der Waals surface area contributed by atoms with Gasteiger partial charge in [0.05, 0.1) is 25.9 Å². The van der Waals surface area contributed by atoms with Crippen LogP contribution in [0.2, 0.25) is 0 Å². The van der Waals surface area contributed by atoms with Crippen LogP contribution < -0.4 is 20.1 Å². The van der Waals surface area contributed by atoms with Gasteiger partial charge < -0.3 is 15.2 Å². The molecular weight excluding hydrogens is 248 g/mol. The van der Waals surface area contributed by atoms with Crippen molar-refractivity contribution in [3.05, 3.63) is 18.2 Å². The number of ether oxygens (including phenoxy) is 2. The third-order valence-electron chi connectivity index (χ3n) is 3.08. The Morgan fingerprint density at radius 3 is 2.63 bits per heavy atom. The fourth-order valence-electron chi connectivity index (χ4n) is 2.03. The molecule has 6 nitrogen and oxygen atoms in total. The van der Waals surface area contributed by atoms with Gasteiger partial charge in [-0.05, 0) is 18.6 Å². The molecule has 1 aliphatic rings. The van der Waals surface area contributed by atoms with Gasteiger partial charge in [0.2, 0.25) is 5.91 Å². The molecule has 6 heteroatoms. The zero-order valence-corrected chi connectivity index (χ0v) is 10.9. The standard InChI is InChI=1S/C13H16N2O4/c1-18-8-3-5-11(19-2)10(7-8)15-12(16)6-4-9(14)13(15)17/h3,5,7,9H,4,6,14H2,1-2H3. The second-order valence-electron chi connectivity index (χ2n) is 4.25. The highest BCUT2D eigenvalue weighted by molar-refractivity contribution is 6.19. The van der Waals surface area contributed by atoms with Crippen molar-refractivity contribution in [2.24, 2.45) is 5.73 Å². The second-order valence-corrected chi connectivity index (χ2v) is 4.25. The van der Waals surface area contributed by atoms with Gasteiger partial charge in [-0.2, -0.15) is 0 Å². The maximum absolute atomic E-state index is 12.1. The maximum Gasteiger partial charge on any atom is 0.250 e. The zero-order valence-electron chi connectivity index (χ0n) is 10.9. The van der Waals surface area contributed by atoms with Gasteiger partial charge in [-0.25, -0.2) is 4.90 Å². The van der Waals surface area contributed by atoms with Gasteiger partial charge in [0.1, 0.15) is 11.5 Å². The van der Waals surface area contributed by atoms with E-state index >= 15 is 0 Å². The Hall–Kier alpha value is -2.08. The molecule has 0 bridgehead atoms. The average Bonchev–Trinajstić information content (AvgIpc) is 2.43. The monoisotopic (exact) mass is 264 g/mol. The van der Waals surface area contributed by atoms with Crippen LogP contribution >= 0.6 is 0 Å². The summed E-state index contributed by atoms with van der Waals surface area (Å²) in [5.41, 5.74) is 6.08. The Bertz CT molecular complexity index is 515. The molecule has 1 atom stereocenters. The van der Waals surface area contributed by atoms with E-state index in [1.807, 2.05) is 0 Å². The Morgan fingerprint density at radius 2 is 2.00 bits per heavy atom. The first-order valence-electron chi connectivity index (χ1n) is 5.93. The van der Waals surface area contributed by atoms with Crippen LogP contribution in [0.5, 0.6) is 11.5 Å². The Labute approximate surface area is 111 Å². The summed E-state index contributed by atoms with van der Waals surface area (Å²) in [6.45, 7) is 0. The predicted molar refractivity (Wildman–Crippen MR) is 69.2 cm³/mol. The van der Waals surface area contributed by atoms with Gasteiger partial charge in [-0.1, -0.05) is 0 Å². The second kappa shape index (κ2) is 5.27. The van der Waals surface area contributed by atoms with Crippen LogP contribution in [0.15, 0.2) is 18.2 Å². The van der Waals surface area contributed by atoms with Crippen molar-refractivity contribution in [3.8, 4) is 11.5 Å². The van der Waals surface area contributed by atoms with Crippen molar-refractivity contribution in [2.45, 2.75) is 18.9 Å². The average molecular weight is 264 g/mol. The fraction of sp³-hybridized carbons (Fsp3) is 0.385. The highest BCUT2D eigenvalue weighted by Gasteiger charge is 2.34. The summed E-state index contributed by atoms with van der Waals surface area (Å²) < 4.78 is 10.3. The minimum Gasteiger partial charge on any atom is -0.497 e. The van der Waals surface area contributed by atoms with Crippen LogP contribution in [-0.2, 0) is 9.59 Å². The number of rotatable bonds is 3. The van der Waals surface area contributed by atoms with E-state index in [1.165, 1.54) is 14.2 Å². The minimum atomic E-state index is -0.659. The van der Waals surface area contributed by atoms with Crippen LogP contribution in [0.3, 0.4) is 0 Å². The lowest BCUT2D eigenvalue weighted by Gasteiger charge is -2.29. The van der Waals surface area contributed by atoms with E-state index in [2.05, 4.69) is 0 Å². The van der Waals surface area contributed by atoms with E-state index in [1.54, 1.807) is 18.2 Å². The van der Waals surface area contributed by atoms with Crippen LogP contribution in [-0.4, -0.2) is 32.1 Å². The Morgan fingerprint density at radius 1 is 1.26 bits per heavy atom. The number of methoxy groups -OCH3 is 2. The summed E-state index contributed by atoms with van der Waals surface area (Å²) in [6.07, 6.45) is 0.619. The lowest BCUT2D eigenvalue weighted by molar-refractivity contribution is -0.130. The smallest absolute Gasteiger partial charge is 0.250 e. The highest BCUT2D eigenvalue weighted by Crippen LogP contribution is 2.34. The summed E-state index contributed by atoms with van der Waals surface area (Å²) in [7, 11) is 2.99. The molecule has 1 unspecified atom stereocenters. The highest BCUT2D eigenvalue weighted by atomic mass is 16.5. The zero-order chi connectivity index (χ0) is 14.0. The number of nitrogens with zero attached hydrogens (tertiary/aromatic N) is 1. The van der Waals surface area contributed by atoms with Crippen LogP contribution in [0.1, 0.15) is 12.8 Å². The van der Waals surface area contributed by atoms with Crippen molar-refractivity contribution < 1.29 is 19.1 Å². The molecule has 1 fully saturated rings. The molecule has 1 saturated heterocycles. The van der Waals surface area contributed by atoms with E-state index in [4.69, 9.17) is 15.2 Å². The summed E-state index contributed by atoms with van der Waals surface area (Å²) in [6, 6.07) is 4.27. The molecule has 2 rings (SSSR count). The van der Waals surface area contributed by atoms with Crippen molar-refractivity contribution >= 4 is 17.5 Å². The molecule has 0 radical (unpaired) electrons. The lowest BCUT2D eigenvalue weighted by atomic mass is 10.0. The molecule has 1 heterocycles. The molecule has 1 aliphatic heterocycles. The minimum absolute atomic E-state index is 0.243. The van der Waals surface area contributed by atoms with E-state index in [0.29, 0.717) is 23.6 Å². The van der Waals surface area contributed by atoms with Gasteiger partial charge in [0.15, 0.2) is 0 Å². The van der Waals surface area contributed by atoms with E-state index in [9.17, 15) is 9.59 Å². The quantitative estimate of drug-likeness (QED) is 0.812. The number of piperidine rings is 1. The molecule has 1 aromatic rings. The molecule has 1 aromatic carbocycles. The number of carbonyl (C=O) groups is 2. The molecule has 0 aromatic heterocycles. The molecule has 0 spiro atoms. The molecule has 19 heavy (non-hydrogen) atoms. The van der Waals surface area contributed by atoms with Crippen LogP contribution in [0.25, 0.3) is 0 Å². The van der Waals surface area contributed by atoms with Crippen molar-refractivity contribution in [1.29, 1.82) is 0 Å². The number of hydrogen-bond acceptors (Lipinski definition) is 5. The summed E-state index contributed by atoms with van der Waals surface area (Å²) in [5, 5.41) is 0. The summed E-state index contributed by atoms with van der Waals surface area (Å²) >= 11 is 0. The van der Waals surface area contributed by atoms with Crippen molar-refractivity contribution in [3.63, 3.8) is 0 Å². The van der Waals surface area contributed by atoms with Gasteiger partial charge in [0, 0.05) is 12.5 Å². The Kier molecular flexibility index (Phi) is 3.71. The first kappa shape index (κ1) is 13.4. The van der Waals surface area contributed by atoms with E-state index in [-0.39, 0.29) is 12.3 Å². The molecule has 0 aliphatic carbocycles. The third kappa shape index (κ3) is 2.39. The first-order chi connectivity index (χ1) is 9.08. The number of carbonyl (C=O) groups excluding carboxylic acids is 2. The van der Waals surface area contributed by atoms with Crippen molar-refractivity contribution in [2.75, 3.05) is 19.1 Å². The predicted octanol–water partition coefficient (Wildman–Crippen LogP) is 0.684. The molecule has 2 amide bonds. The number of hydrogen-bond donors (Lipinski definition) is 1. The van der Waals surface area contributed by atoms with E-state index in [0.717, 1.165) is 4.90 Å². The molecule has 2 N–H and O–H groups in total. The Balaban J connectivity index is 2.48. The lowest BCUT2D eigenvalue weighted by Crippen LogP contribution is -2.51. The SMILES string of the molecule is COc1ccc(OC)c(N2C(=O)CCC(N)C2=O)c1. The van der Waals surface area contributed by atoms with Gasteiger partial charge >= 0.3 is 0 Å². The molecule has 102 valence electrons. The first-order valence-corrected chi connectivity index (χ1v) is 5.93. The van der Waals surface area contributed by atoms with Gasteiger partial charge in [0.25, 0.3) is 5.91 Å². The normalized spacial score (nSPS) is 19.5. The third-order valence-corrected chi connectivity index (χ3v) is 3.08. The molecule has 0 saturated carbocycles. The summed E-state index contributed by atoms with van der Waals surface area (Å²) in [4.78, 5) is 25.1. The number of anilines is 1. The topological polar surface area (TPSA) is 81.9 Å². The molecular formula is C13H16N2O4. The summed E-state index contributed by atoms with van der Waals surface area (Å²) in [5.74, 6) is 0.271.